The summed E-state index contributed by atoms with van der Waals surface area (Å²) in [5.74, 6) is -1.60. The second kappa shape index (κ2) is 7.05. The minimum absolute atomic E-state index is 0.161. The van der Waals surface area contributed by atoms with Crippen molar-refractivity contribution >= 4 is 33.7 Å². The highest BCUT2D eigenvalue weighted by atomic mass is 79.9. The highest BCUT2D eigenvalue weighted by Gasteiger charge is 2.55. The summed E-state index contributed by atoms with van der Waals surface area (Å²) in [6, 6.07) is 6.88. The van der Waals surface area contributed by atoms with Gasteiger partial charge in [0.15, 0.2) is 12.4 Å². The van der Waals surface area contributed by atoms with Gasteiger partial charge in [-0.2, -0.15) is 0 Å². The summed E-state index contributed by atoms with van der Waals surface area (Å²) in [4.78, 5) is 36.6. The van der Waals surface area contributed by atoms with Crippen LogP contribution >= 0.6 is 15.9 Å². The number of methoxy groups -OCH3 is 1. The van der Waals surface area contributed by atoms with Gasteiger partial charge in [-0.1, -0.05) is 28.1 Å². The number of ketones is 1. The molecular formula is C18H19BrO5. The number of hydrogen-bond acceptors (Lipinski definition) is 5. The first-order valence-corrected chi connectivity index (χ1v) is 8.83. The van der Waals surface area contributed by atoms with Crippen molar-refractivity contribution < 1.29 is 23.9 Å². The average molecular weight is 395 g/mol. The lowest BCUT2D eigenvalue weighted by Crippen LogP contribution is -2.37. The van der Waals surface area contributed by atoms with Crippen molar-refractivity contribution in [3.05, 3.63) is 34.3 Å². The second-order valence-corrected chi connectivity index (χ2v) is 7.36. The van der Waals surface area contributed by atoms with Crippen LogP contribution in [0.15, 0.2) is 28.7 Å². The first-order chi connectivity index (χ1) is 11.5. The van der Waals surface area contributed by atoms with E-state index in [-0.39, 0.29) is 30.2 Å². The molecule has 0 aromatic heterocycles. The van der Waals surface area contributed by atoms with E-state index in [0.29, 0.717) is 5.56 Å². The van der Waals surface area contributed by atoms with E-state index in [0.717, 1.165) is 23.7 Å². The van der Waals surface area contributed by atoms with Crippen LogP contribution in [0.4, 0.5) is 0 Å². The molecule has 128 valence electrons. The van der Waals surface area contributed by atoms with Crippen LogP contribution < -0.4 is 0 Å². The molecule has 6 heteroatoms. The van der Waals surface area contributed by atoms with E-state index < -0.39 is 17.8 Å². The predicted octanol–water partition coefficient (Wildman–Crippen LogP) is 3.01. The first kappa shape index (κ1) is 17.1. The van der Waals surface area contributed by atoms with Gasteiger partial charge in [-0.15, -0.1) is 0 Å². The number of halogens is 1. The van der Waals surface area contributed by atoms with E-state index in [9.17, 15) is 14.4 Å². The quantitative estimate of drug-likeness (QED) is 0.566. The van der Waals surface area contributed by atoms with E-state index in [2.05, 4.69) is 15.9 Å². The van der Waals surface area contributed by atoms with Gasteiger partial charge in [-0.25, -0.2) is 0 Å². The molecule has 1 aromatic rings. The maximum atomic E-state index is 12.5. The van der Waals surface area contributed by atoms with Gasteiger partial charge >= 0.3 is 11.9 Å². The molecule has 3 rings (SSSR count). The lowest BCUT2D eigenvalue weighted by Gasteiger charge is -2.27. The molecule has 1 aromatic carbocycles. The number of rotatable bonds is 5. The number of esters is 2. The summed E-state index contributed by atoms with van der Waals surface area (Å²) in [5, 5.41) is 0. The smallest absolute Gasteiger partial charge is 0.310 e. The van der Waals surface area contributed by atoms with Gasteiger partial charge in [0.1, 0.15) is 0 Å². The summed E-state index contributed by atoms with van der Waals surface area (Å²) in [6.45, 7) is -0.303. The van der Waals surface area contributed by atoms with E-state index in [1.807, 2.05) is 0 Å². The standard InChI is InChI=1S/C18H19BrO5/c1-23-17(21)15-11-2-3-12(8-11)16(15)18(22)24-9-14(20)10-4-6-13(19)7-5-10/h4-7,11-12,15-16H,2-3,8-9H2,1H3/t11-,12-,15+,16-/m0/s1. The van der Waals surface area contributed by atoms with Crippen LogP contribution in [0.2, 0.25) is 0 Å². The zero-order chi connectivity index (χ0) is 17.3. The minimum Gasteiger partial charge on any atom is -0.469 e. The zero-order valence-corrected chi connectivity index (χ0v) is 15.0. The Kier molecular flexibility index (Phi) is 5.04. The molecule has 2 aliphatic rings. The normalized spacial score (nSPS) is 27.8. The molecule has 24 heavy (non-hydrogen) atoms. The molecule has 0 N–H and O–H groups in total. The third kappa shape index (κ3) is 3.24. The molecule has 0 amide bonds. The first-order valence-electron chi connectivity index (χ1n) is 8.04. The van der Waals surface area contributed by atoms with Gasteiger partial charge in [-0.3, -0.25) is 14.4 Å². The highest BCUT2D eigenvalue weighted by molar-refractivity contribution is 9.10. The number of Topliss-reactive ketones (excluding diaryl/α,β-unsaturated/α-hetero) is 1. The predicted molar refractivity (Wildman–Crippen MR) is 89.3 cm³/mol. The molecule has 0 radical (unpaired) electrons. The van der Waals surface area contributed by atoms with Gasteiger partial charge < -0.3 is 9.47 Å². The molecule has 0 saturated heterocycles. The van der Waals surface area contributed by atoms with Gasteiger partial charge in [0.2, 0.25) is 0 Å². The van der Waals surface area contributed by atoms with Crippen LogP contribution in [0.25, 0.3) is 0 Å². The maximum absolute atomic E-state index is 12.5. The average Bonchev–Trinajstić information content (AvgIpc) is 3.20. The van der Waals surface area contributed by atoms with Crippen molar-refractivity contribution in [1.82, 2.24) is 0 Å². The Morgan fingerprint density at radius 2 is 1.62 bits per heavy atom. The van der Waals surface area contributed by atoms with Crippen LogP contribution in [0.1, 0.15) is 29.6 Å². The molecule has 0 aliphatic heterocycles. The molecule has 4 atom stereocenters. The maximum Gasteiger partial charge on any atom is 0.310 e. The molecule has 0 spiro atoms. The molecule has 0 unspecified atom stereocenters. The van der Waals surface area contributed by atoms with Crippen LogP contribution in [-0.2, 0) is 19.1 Å². The Hall–Kier alpha value is -1.69. The minimum atomic E-state index is -0.478. The number of carbonyl (C=O) groups excluding carboxylic acids is 3. The number of ether oxygens (including phenoxy) is 2. The third-order valence-corrected chi connectivity index (χ3v) is 5.70. The number of benzene rings is 1. The van der Waals surface area contributed by atoms with Crippen LogP contribution in [0, 0.1) is 23.7 Å². The Bertz CT molecular complexity index is 654. The fourth-order valence-electron chi connectivity index (χ4n) is 4.06. The van der Waals surface area contributed by atoms with Crippen molar-refractivity contribution in [3.63, 3.8) is 0 Å². The van der Waals surface area contributed by atoms with E-state index in [4.69, 9.17) is 9.47 Å². The Labute approximate surface area is 148 Å². The van der Waals surface area contributed by atoms with Crippen LogP contribution in [0.3, 0.4) is 0 Å². The molecule has 2 bridgehead atoms. The fraction of sp³-hybridized carbons (Fsp3) is 0.500. The summed E-state index contributed by atoms with van der Waals surface area (Å²) in [6.07, 6.45) is 2.74. The van der Waals surface area contributed by atoms with Crippen molar-refractivity contribution in [2.24, 2.45) is 23.7 Å². The van der Waals surface area contributed by atoms with E-state index >= 15 is 0 Å². The van der Waals surface area contributed by atoms with Gasteiger partial charge in [0, 0.05) is 10.0 Å². The lowest BCUT2D eigenvalue weighted by atomic mass is 9.79. The number of fused-ring (bicyclic) bond motifs is 2. The molecule has 0 heterocycles. The van der Waals surface area contributed by atoms with E-state index in [1.54, 1.807) is 24.3 Å². The van der Waals surface area contributed by atoms with Gasteiger partial charge in [0.05, 0.1) is 18.9 Å². The monoisotopic (exact) mass is 394 g/mol. The van der Waals surface area contributed by atoms with Gasteiger partial charge in [-0.05, 0) is 43.2 Å². The van der Waals surface area contributed by atoms with Crippen molar-refractivity contribution in [2.75, 3.05) is 13.7 Å². The fourth-order valence-corrected chi connectivity index (χ4v) is 4.32. The number of carbonyl (C=O) groups is 3. The largest absolute Gasteiger partial charge is 0.469 e. The number of hydrogen-bond donors (Lipinski definition) is 0. The lowest BCUT2D eigenvalue weighted by molar-refractivity contribution is -0.161. The molecule has 2 saturated carbocycles. The topological polar surface area (TPSA) is 69.7 Å². The Balaban J connectivity index is 1.63. The second-order valence-electron chi connectivity index (χ2n) is 6.45. The summed E-state index contributed by atoms with van der Waals surface area (Å²) in [5.41, 5.74) is 0.489. The zero-order valence-electron chi connectivity index (χ0n) is 13.4. The van der Waals surface area contributed by atoms with E-state index in [1.165, 1.54) is 7.11 Å². The summed E-state index contributed by atoms with van der Waals surface area (Å²) < 4.78 is 11.0. The molecule has 2 fully saturated rings. The highest BCUT2D eigenvalue weighted by Crippen LogP contribution is 2.53. The van der Waals surface area contributed by atoms with Crippen LogP contribution in [-0.4, -0.2) is 31.4 Å². The molecule has 2 aliphatic carbocycles. The Morgan fingerprint density at radius 1 is 1.04 bits per heavy atom. The van der Waals surface area contributed by atoms with Gasteiger partial charge in [0.25, 0.3) is 0 Å². The molecular weight excluding hydrogens is 376 g/mol. The molecule has 5 nitrogen and oxygen atoms in total. The third-order valence-electron chi connectivity index (χ3n) is 5.17. The van der Waals surface area contributed by atoms with Crippen molar-refractivity contribution in [2.45, 2.75) is 19.3 Å². The summed E-state index contributed by atoms with van der Waals surface area (Å²) >= 11 is 3.31. The van der Waals surface area contributed by atoms with Crippen molar-refractivity contribution in [3.8, 4) is 0 Å². The Morgan fingerprint density at radius 3 is 2.21 bits per heavy atom. The summed E-state index contributed by atoms with van der Waals surface area (Å²) in [7, 11) is 1.34. The van der Waals surface area contributed by atoms with Crippen molar-refractivity contribution in [1.29, 1.82) is 0 Å². The SMILES string of the molecule is COC(=O)[C@@H]1[C@H]2CC[C@@H](C2)[C@@H]1C(=O)OCC(=O)c1ccc(Br)cc1. The van der Waals surface area contributed by atoms with Crippen LogP contribution in [0.5, 0.6) is 0 Å².